The van der Waals surface area contributed by atoms with Crippen LogP contribution in [0.5, 0.6) is 0 Å². The second kappa shape index (κ2) is 5.52. The first-order chi connectivity index (χ1) is 9.04. The zero-order valence-electron chi connectivity index (χ0n) is 11.4. The predicted octanol–water partition coefficient (Wildman–Crippen LogP) is 2.02. The summed E-state index contributed by atoms with van der Waals surface area (Å²) in [6, 6.07) is 0. The van der Waals surface area contributed by atoms with Crippen molar-refractivity contribution in [1.29, 1.82) is 0 Å². The summed E-state index contributed by atoms with van der Waals surface area (Å²) in [5, 5.41) is 7.64. The van der Waals surface area contributed by atoms with Crippen LogP contribution in [0.15, 0.2) is 18.0 Å². The third kappa shape index (κ3) is 2.68. The molecule has 2 rings (SSSR count). The van der Waals surface area contributed by atoms with E-state index in [0.29, 0.717) is 10.8 Å². The van der Waals surface area contributed by atoms with Crippen LogP contribution in [0.4, 0.5) is 5.69 Å². The van der Waals surface area contributed by atoms with Crippen LogP contribution in [0.2, 0.25) is 0 Å². The first-order valence-corrected chi connectivity index (χ1v) is 6.81. The zero-order valence-corrected chi connectivity index (χ0v) is 12.3. The summed E-state index contributed by atoms with van der Waals surface area (Å²) in [6.45, 7) is 3.99. The van der Waals surface area contributed by atoms with Crippen LogP contribution in [-0.2, 0) is 11.8 Å². The second-order valence-corrected chi connectivity index (χ2v) is 4.99. The van der Waals surface area contributed by atoms with Crippen LogP contribution >= 0.6 is 12.2 Å². The molecule has 0 atom stereocenters. The lowest BCUT2D eigenvalue weighted by atomic mass is 10.2. The summed E-state index contributed by atoms with van der Waals surface area (Å²) in [6.07, 6.45) is 6.78. The van der Waals surface area contributed by atoms with Gasteiger partial charge in [0.15, 0.2) is 5.11 Å². The van der Waals surface area contributed by atoms with E-state index in [1.54, 1.807) is 10.9 Å². The van der Waals surface area contributed by atoms with Crippen molar-refractivity contribution in [2.24, 2.45) is 7.05 Å². The monoisotopic (exact) mass is 278 g/mol. The van der Waals surface area contributed by atoms with E-state index < -0.39 is 0 Å². The van der Waals surface area contributed by atoms with Gasteiger partial charge in [-0.1, -0.05) is 19.4 Å². The summed E-state index contributed by atoms with van der Waals surface area (Å²) in [7, 11) is 1.82. The van der Waals surface area contributed by atoms with Crippen LogP contribution in [0, 0.1) is 6.92 Å². The Bertz CT molecular complexity index is 547. The number of allylic oxidation sites excluding steroid dienone is 1. The van der Waals surface area contributed by atoms with Gasteiger partial charge in [-0.25, -0.2) is 4.90 Å². The molecule has 0 spiro atoms. The quantitative estimate of drug-likeness (QED) is 0.520. The van der Waals surface area contributed by atoms with Crippen molar-refractivity contribution in [2.45, 2.75) is 33.1 Å². The molecule has 0 saturated carbocycles. The minimum atomic E-state index is -0.0998. The zero-order chi connectivity index (χ0) is 14.0. The van der Waals surface area contributed by atoms with Crippen molar-refractivity contribution >= 4 is 28.9 Å². The second-order valence-electron chi connectivity index (χ2n) is 4.60. The van der Waals surface area contributed by atoms with E-state index in [1.165, 1.54) is 4.90 Å². The van der Waals surface area contributed by atoms with Crippen LogP contribution in [-0.4, -0.2) is 20.8 Å². The number of anilines is 1. The lowest BCUT2D eigenvalue weighted by Gasteiger charge is -2.11. The Morgan fingerprint density at radius 2 is 2.26 bits per heavy atom. The third-order valence-electron chi connectivity index (χ3n) is 3.01. The van der Waals surface area contributed by atoms with Gasteiger partial charge >= 0.3 is 0 Å². The summed E-state index contributed by atoms with van der Waals surface area (Å²) in [4.78, 5) is 13.9. The Morgan fingerprint density at radius 3 is 2.84 bits per heavy atom. The topological polar surface area (TPSA) is 50.2 Å². The van der Waals surface area contributed by atoms with Gasteiger partial charge in [-0.05, 0) is 32.0 Å². The molecule has 0 aliphatic carbocycles. The summed E-state index contributed by atoms with van der Waals surface area (Å²) in [5.41, 5.74) is 2.10. The molecule has 19 heavy (non-hydrogen) atoms. The molecule has 0 unspecified atom stereocenters. The van der Waals surface area contributed by atoms with Gasteiger partial charge in [0.05, 0.1) is 11.4 Å². The molecule has 5 nitrogen and oxygen atoms in total. The van der Waals surface area contributed by atoms with Crippen LogP contribution in [0.3, 0.4) is 0 Å². The Labute approximate surface area is 118 Å². The van der Waals surface area contributed by atoms with Crippen LogP contribution in [0.1, 0.15) is 31.9 Å². The number of hydrogen-bond acceptors (Lipinski definition) is 3. The van der Waals surface area contributed by atoms with E-state index in [1.807, 2.05) is 20.0 Å². The smallest absolute Gasteiger partial charge is 0.280 e. The number of carbonyl (C=O) groups excluding carboxylic acids is 1. The van der Waals surface area contributed by atoms with E-state index >= 15 is 0 Å². The predicted molar refractivity (Wildman–Crippen MR) is 78.8 cm³/mol. The van der Waals surface area contributed by atoms with Crippen LogP contribution in [0.25, 0.3) is 0 Å². The van der Waals surface area contributed by atoms with Gasteiger partial charge in [-0.15, -0.1) is 0 Å². The summed E-state index contributed by atoms with van der Waals surface area (Å²) in [5.74, 6) is -0.0998. The van der Waals surface area contributed by atoms with Gasteiger partial charge < -0.3 is 5.32 Å². The molecule has 6 heteroatoms. The lowest BCUT2D eigenvalue weighted by Crippen LogP contribution is -2.30. The molecule has 0 bridgehead atoms. The standard InChI is InChI=1S/C13H18N4OS/c1-4-5-6-7-10-12(18)17(13(19)14-10)11-8-16(3)15-9(11)2/h7-8H,4-6H2,1-3H3,(H,14,19)/b10-7+. The molecule has 1 fully saturated rings. The Morgan fingerprint density at radius 1 is 1.53 bits per heavy atom. The number of unbranched alkanes of at least 4 members (excludes halogenated alkanes) is 2. The Balaban J connectivity index is 2.24. The average molecular weight is 278 g/mol. The molecule has 1 aromatic rings. The maximum Gasteiger partial charge on any atom is 0.280 e. The first-order valence-electron chi connectivity index (χ1n) is 6.40. The van der Waals surface area contributed by atoms with Gasteiger partial charge in [0.1, 0.15) is 5.70 Å². The van der Waals surface area contributed by atoms with E-state index in [2.05, 4.69) is 17.3 Å². The number of aryl methyl sites for hydroxylation is 2. The highest BCUT2D eigenvalue weighted by atomic mass is 32.1. The molecule has 1 aromatic heterocycles. The molecule has 0 aromatic carbocycles. The molecule has 1 saturated heterocycles. The lowest BCUT2D eigenvalue weighted by molar-refractivity contribution is -0.113. The van der Waals surface area contributed by atoms with E-state index in [9.17, 15) is 4.79 Å². The van der Waals surface area contributed by atoms with Gasteiger partial charge in [-0.3, -0.25) is 9.48 Å². The highest BCUT2D eigenvalue weighted by molar-refractivity contribution is 7.80. The maximum absolute atomic E-state index is 12.3. The minimum absolute atomic E-state index is 0.0998. The SMILES string of the molecule is CCCC/C=C1/NC(=S)N(c2cn(C)nc2C)C1=O. The van der Waals surface area contributed by atoms with Crippen LogP contribution < -0.4 is 10.2 Å². The van der Waals surface area contributed by atoms with E-state index in [4.69, 9.17) is 12.2 Å². The largest absolute Gasteiger partial charge is 0.328 e. The number of rotatable bonds is 4. The molecular formula is C13H18N4OS. The fraction of sp³-hybridized carbons (Fsp3) is 0.462. The first kappa shape index (κ1) is 13.7. The van der Waals surface area contributed by atoms with Crippen molar-refractivity contribution in [1.82, 2.24) is 15.1 Å². The molecule has 1 N–H and O–H groups in total. The van der Waals surface area contributed by atoms with Crippen molar-refractivity contribution in [2.75, 3.05) is 4.90 Å². The average Bonchev–Trinajstić information content (AvgIpc) is 2.80. The molecule has 102 valence electrons. The fourth-order valence-corrected chi connectivity index (χ4v) is 2.34. The molecule has 0 radical (unpaired) electrons. The number of aromatic nitrogens is 2. The highest BCUT2D eigenvalue weighted by Gasteiger charge is 2.33. The molecule has 2 heterocycles. The molecule has 1 amide bonds. The third-order valence-corrected chi connectivity index (χ3v) is 3.30. The number of carbonyl (C=O) groups is 1. The number of thiocarbonyl (C=S) groups is 1. The van der Waals surface area contributed by atoms with Crippen molar-refractivity contribution in [3.05, 3.63) is 23.7 Å². The van der Waals surface area contributed by atoms with Gasteiger partial charge in [0.25, 0.3) is 5.91 Å². The van der Waals surface area contributed by atoms with Gasteiger partial charge in [0, 0.05) is 13.2 Å². The summed E-state index contributed by atoms with van der Waals surface area (Å²) >= 11 is 5.24. The van der Waals surface area contributed by atoms with Gasteiger partial charge in [-0.2, -0.15) is 5.10 Å². The van der Waals surface area contributed by atoms with Crippen molar-refractivity contribution in [3.8, 4) is 0 Å². The number of nitrogens with zero attached hydrogens (tertiary/aromatic N) is 3. The number of hydrogen-bond donors (Lipinski definition) is 1. The van der Waals surface area contributed by atoms with Gasteiger partial charge in [0.2, 0.25) is 0 Å². The van der Waals surface area contributed by atoms with Crippen molar-refractivity contribution < 1.29 is 4.79 Å². The molecule has 1 aliphatic heterocycles. The minimum Gasteiger partial charge on any atom is -0.328 e. The normalized spacial score (nSPS) is 17.4. The Hall–Kier alpha value is -1.69. The Kier molecular flexibility index (Phi) is 3.99. The number of amides is 1. The fourth-order valence-electron chi connectivity index (χ4n) is 2.05. The summed E-state index contributed by atoms with van der Waals surface area (Å²) < 4.78 is 1.68. The maximum atomic E-state index is 12.3. The molecular weight excluding hydrogens is 260 g/mol. The van der Waals surface area contributed by atoms with E-state index in [0.717, 1.165) is 30.6 Å². The van der Waals surface area contributed by atoms with Crippen molar-refractivity contribution in [3.63, 3.8) is 0 Å². The molecule has 1 aliphatic rings. The number of nitrogens with one attached hydrogen (secondary N) is 1. The van der Waals surface area contributed by atoms with E-state index in [-0.39, 0.29) is 5.91 Å². The highest BCUT2D eigenvalue weighted by Crippen LogP contribution is 2.24.